The van der Waals surface area contributed by atoms with Crippen LogP contribution in [-0.2, 0) is 26.2 Å². The standard InChI is InChI=1S/C25H30N2O3S/c1-14-11-24(12-15(2)21(14)29-4)13-16-5-6-17(26-3)9-20(16)25(24)22(28)19(23(31)27-25)10-18-7-8-30-18/h5-6,9,14-15,18-19,21H,7-8,10-13H2,1-2,4H3,(H,27,31)/t14-,15+,18?,19?,21?,24?,25-/m1/s1. The number of hydrogen-bond donors (Lipinski definition) is 1. The fourth-order valence-electron chi connectivity index (χ4n) is 7.20. The van der Waals surface area contributed by atoms with Crippen molar-refractivity contribution in [2.75, 3.05) is 13.7 Å². The second-order valence-corrected chi connectivity index (χ2v) is 10.6. The van der Waals surface area contributed by atoms with Gasteiger partial charge in [0.1, 0.15) is 5.54 Å². The van der Waals surface area contributed by atoms with E-state index in [1.807, 2.05) is 12.1 Å². The maximum Gasteiger partial charge on any atom is 0.187 e. The summed E-state index contributed by atoms with van der Waals surface area (Å²) in [4.78, 5) is 18.6. The number of thiocarbonyl (C=S) groups is 1. The van der Waals surface area contributed by atoms with Crippen LogP contribution < -0.4 is 5.32 Å². The van der Waals surface area contributed by atoms with E-state index in [1.54, 1.807) is 7.11 Å². The van der Waals surface area contributed by atoms with Gasteiger partial charge in [-0.3, -0.25) is 4.79 Å². The number of Topliss-reactive ketones (excluding diaryl/α,β-unsaturated/α-hetero) is 1. The van der Waals surface area contributed by atoms with Crippen LogP contribution in [0.4, 0.5) is 5.69 Å². The lowest BCUT2D eigenvalue weighted by Crippen LogP contribution is -2.59. The Morgan fingerprint density at radius 3 is 2.61 bits per heavy atom. The number of benzene rings is 1. The zero-order chi connectivity index (χ0) is 22.0. The predicted octanol–water partition coefficient (Wildman–Crippen LogP) is 4.35. The van der Waals surface area contributed by atoms with E-state index in [2.05, 4.69) is 30.1 Å². The highest BCUT2D eigenvalue weighted by atomic mass is 32.1. The number of rotatable bonds is 3. The molecule has 2 aliphatic carbocycles. The molecule has 5 rings (SSSR count). The molecule has 0 radical (unpaired) electrons. The van der Waals surface area contributed by atoms with Crippen molar-refractivity contribution in [1.82, 2.24) is 5.32 Å². The van der Waals surface area contributed by atoms with E-state index >= 15 is 0 Å². The van der Waals surface area contributed by atoms with Crippen molar-refractivity contribution in [2.24, 2.45) is 23.2 Å². The minimum absolute atomic E-state index is 0.123. The van der Waals surface area contributed by atoms with Crippen molar-refractivity contribution < 1.29 is 14.3 Å². The van der Waals surface area contributed by atoms with E-state index < -0.39 is 5.54 Å². The molecular weight excluding hydrogens is 408 g/mol. The Kier molecular flexibility index (Phi) is 5.00. The zero-order valence-corrected chi connectivity index (χ0v) is 19.3. The minimum atomic E-state index is -0.851. The molecule has 1 N–H and O–H groups in total. The van der Waals surface area contributed by atoms with Gasteiger partial charge in [0, 0.05) is 19.1 Å². The summed E-state index contributed by atoms with van der Waals surface area (Å²) in [6, 6.07) is 5.87. The molecule has 4 unspecified atom stereocenters. The summed E-state index contributed by atoms with van der Waals surface area (Å²) in [6.07, 6.45) is 4.58. The topological polar surface area (TPSA) is 51.9 Å². The second-order valence-electron chi connectivity index (χ2n) is 10.1. The van der Waals surface area contributed by atoms with Crippen molar-refractivity contribution in [3.63, 3.8) is 0 Å². The van der Waals surface area contributed by atoms with E-state index in [0.29, 0.717) is 28.9 Å². The first-order valence-electron chi connectivity index (χ1n) is 11.4. The lowest BCUT2D eigenvalue weighted by molar-refractivity contribution is -0.139. The average Bonchev–Trinajstić information content (AvgIpc) is 3.10. The quantitative estimate of drug-likeness (QED) is 0.562. The van der Waals surface area contributed by atoms with E-state index in [0.717, 1.165) is 37.9 Å². The number of carbonyl (C=O) groups excluding carboxylic acids is 1. The number of methoxy groups -OCH3 is 1. The van der Waals surface area contributed by atoms with Gasteiger partial charge >= 0.3 is 0 Å². The summed E-state index contributed by atoms with van der Waals surface area (Å²) in [5, 5.41) is 3.61. The summed E-state index contributed by atoms with van der Waals surface area (Å²) in [7, 11) is 1.79. The molecule has 2 spiro atoms. The molecule has 4 aliphatic rings. The van der Waals surface area contributed by atoms with Gasteiger partial charge in [0.25, 0.3) is 0 Å². The van der Waals surface area contributed by atoms with Crippen molar-refractivity contribution in [3.8, 4) is 0 Å². The maximum atomic E-state index is 14.3. The average molecular weight is 439 g/mol. The summed E-state index contributed by atoms with van der Waals surface area (Å²) in [5.41, 5.74) is 1.61. The third-order valence-electron chi connectivity index (χ3n) is 8.38. The predicted molar refractivity (Wildman–Crippen MR) is 122 cm³/mol. The highest BCUT2D eigenvalue weighted by Crippen LogP contribution is 2.63. The van der Waals surface area contributed by atoms with Gasteiger partial charge in [0.2, 0.25) is 0 Å². The Bertz CT molecular complexity index is 969. The molecule has 7 atom stereocenters. The zero-order valence-electron chi connectivity index (χ0n) is 18.4. The van der Waals surface area contributed by atoms with Crippen LogP contribution in [0.5, 0.6) is 0 Å². The molecule has 5 nitrogen and oxygen atoms in total. The number of nitrogens with zero attached hydrogens (tertiary/aromatic N) is 1. The molecule has 2 aliphatic heterocycles. The Labute approximate surface area is 189 Å². The molecule has 3 fully saturated rings. The molecule has 1 saturated carbocycles. The summed E-state index contributed by atoms with van der Waals surface area (Å²) >= 11 is 5.79. The molecule has 164 valence electrons. The van der Waals surface area contributed by atoms with Crippen molar-refractivity contribution in [3.05, 3.63) is 40.7 Å². The van der Waals surface area contributed by atoms with E-state index in [4.69, 9.17) is 28.3 Å². The van der Waals surface area contributed by atoms with Gasteiger partial charge in [-0.1, -0.05) is 44.3 Å². The fourth-order valence-corrected chi connectivity index (χ4v) is 7.56. The number of ether oxygens (including phenoxy) is 2. The Morgan fingerprint density at radius 1 is 1.32 bits per heavy atom. The summed E-state index contributed by atoms with van der Waals surface area (Å²) < 4.78 is 11.5. The van der Waals surface area contributed by atoms with E-state index in [9.17, 15) is 4.79 Å². The Balaban J connectivity index is 1.63. The first-order valence-corrected chi connectivity index (χ1v) is 11.8. The lowest BCUT2D eigenvalue weighted by atomic mass is 9.55. The molecule has 31 heavy (non-hydrogen) atoms. The number of nitrogens with one attached hydrogen (secondary N) is 1. The van der Waals surface area contributed by atoms with Gasteiger partial charge < -0.3 is 14.8 Å². The Morgan fingerprint density at radius 2 is 2.03 bits per heavy atom. The molecule has 1 aromatic rings. The van der Waals surface area contributed by atoms with Crippen LogP contribution >= 0.6 is 12.2 Å². The van der Waals surface area contributed by atoms with Crippen LogP contribution in [0.15, 0.2) is 18.2 Å². The third-order valence-corrected chi connectivity index (χ3v) is 8.76. The molecule has 2 saturated heterocycles. The van der Waals surface area contributed by atoms with Crippen LogP contribution in [0.25, 0.3) is 4.85 Å². The first-order chi connectivity index (χ1) is 14.8. The number of hydrogen-bond acceptors (Lipinski definition) is 4. The van der Waals surface area contributed by atoms with Crippen molar-refractivity contribution in [2.45, 2.75) is 63.7 Å². The van der Waals surface area contributed by atoms with Crippen molar-refractivity contribution >= 4 is 28.7 Å². The fraction of sp³-hybridized carbons (Fsp3) is 0.640. The van der Waals surface area contributed by atoms with E-state index in [-0.39, 0.29) is 29.3 Å². The second kappa shape index (κ2) is 7.37. The highest BCUT2D eigenvalue weighted by Gasteiger charge is 2.68. The van der Waals surface area contributed by atoms with Crippen molar-refractivity contribution in [1.29, 1.82) is 0 Å². The monoisotopic (exact) mass is 438 g/mol. The van der Waals surface area contributed by atoms with Crippen LogP contribution in [-0.4, -0.2) is 36.7 Å². The van der Waals surface area contributed by atoms with Gasteiger partial charge in [-0.15, -0.1) is 0 Å². The normalized spacial score (nSPS) is 41.2. The highest BCUT2D eigenvalue weighted by molar-refractivity contribution is 7.80. The van der Waals surface area contributed by atoms with Gasteiger partial charge in [-0.25, -0.2) is 4.85 Å². The van der Waals surface area contributed by atoms with Crippen LogP contribution in [0, 0.1) is 29.7 Å². The van der Waals surface area contributed by atoms with Gasteiger partial charge in [0.05, 0.1) is 29.7 Å². The van der Waals surface area contributed by atoms with Crippen LogP contribution in [0.2, 0.25) is 0 Å². The Hall–Kier alpha value is -1.81. The van der Waals surface area contributed by atoms with Gasteiger partial charge in [-0.05, 0) is 55.1 Å². The molecule has 0 amide bonds. The number of fused-ring (bicyclic) bond motifs is 3. The first kappa shape index (κ1) is 21.1. The third kappa shape index (κ3) is 2.86. The molecule has 6 heteroatoms. The van der Waals surface area contributed by atoms with Gasteiger partial charge in [0.15, 0.2) is 11.5 Å². The number of carbonyl (C=O) groups is 1. The molecular formula is C25H30N2O3S. The smallest absolute Gasteiger partial charge is 0.187 e. The van der Waals surface area contributed by atoms with Gasteiger partial charge in [-0.2, -0.15) is 0 Å². The largest absolute Gasteiger partial charge is 0.381 e. The number of ketones is 1. The molecule has 0 aromatic heterocycles. The van der Waals surface area contributed by atoms with Crippen LogP contribution in [0.1, 0.15) is 50.7 Å². The lowest BCUT2D eigenvalue weighted by Gasteiger charge is -2.52. The molecule has 0 bridgehead atoms. The molecule has 1 aromatic carbocycles. The van der Waals surface area contributed by atoms with Crippen LogP contribution in [0.3, 0.4) is 0 Å². The maximum absolute atomic E-state index is 14.3. The van der Waals surface area contributed by atoms with E-state index in [1.165, 1.54) is 5.56 Å². The SMILES string of the molecule is [C-]#[N+]c1ccc2c(c1)[C@]1(NC(=S)C(CC3CCO3)C1=O)C1(C2)C[C@@H](C)C(OC)[C@@H](C)C1. The molecule has 2 heterocycles. The minimum Gasteiger partial charge on any atom is -0.381 e. The summed E-state index contributed by atoms with van der Waals surface area (Å²) in [6.45, 7) is 12.8. The summed E-state index contributed by atoms with van der Waals surface area (Å²) in [5.74, 6) is 0.532.